The zero-order chi connectivity index (χ0) is 15.9. The second-order valence-corrected chi connectivity index (χ2v) is 4.79. The van der Waals surface area contributed by atoms with Crippen LogP contribution in [0.5, 0.6) is 23.0 Å². The van der Waals surface area contributed by atoms with Crippen molar-refractivity contribution in [3.05, 3.63) is 47.0 Å². The zero-order valence-electron chi connectivity index (χ0n) is 11.3. The molecule has 1 aliphatic rings. The Kier molecular flexibility index (Phi) is 3.10. The number of fused-ring (bicyclic) bond motifs is 1. The van der Waals surface area contributed by atoms with Crippen LogP contribution in [0, 0.1) is 0 Å². The normalized spacial score (nSPS) is 13.8. The monoisotopic (exact) mass is 300 g/mol. The van der Waals surface area contributed by atoms with Gasteiger partial charge in [0.05, 0.1) is 18.3 Å². The number of nitrogens with zero attached hydrogens (tertiary/aromatic N) is 2. The lowest BCUT2D eigenvalue weighted by Crippen LogP contribution is -2.17. The third-order valence-electron chi connectivity index (χ3n) is 3.39. The smallest absolute Gasteiger partial charge is 0.278 e. The molecule has 4 N–H and O–H groups in total. The van der Waals surface area contributed by atoms with Crippen molar-refractivity contribution >= 4 is 12.1 Å². The molecule has 7 heteroatoms. The van der Waals surface area contributed by atoms with Gasteiger partial charge >= 0.3 is 0 Å². The van der Waals surface area contributed by atoms with Crippen LogP contribution < -0.4 is 0 Å². The first-order chi connectivity index (χ1) is 10.5. The summed E-state index contributed by atoms with van der Waals surface area (Å²) in [6, 6.07) is 7.21. The van der Waals surface area contributed by atoms with Crippen LogP contribution in [-0.4, -0.2) is 37.6 Å². The van der Waals surface area contributed by atoms with E-state index in [1.54, 1.807) is 0 Å². The van der Waals surface area contributed by atoms with Gasteiger partial charge in [0.2, 0.25) is 0 Å². The van der Waals surface area contributed by atoms with Gasteiger partial charge in [-0.25, -0.2) is 5.01 Å². The number of rotatable bonds is 2. The van der Waals surface area contributed by atoms with E-state index in [4.69, 9.17) is 0 Å². The quantitative estimate of drug-likeness (QED) is 0.496. The Morgan fingerprint density at radius 3 is 2.50 bits per heavy atom. The highest BCUT2D eigenvalue weighted by Crippen LogP contribution is 2.36. The van der Waals surface area contributed by atoms with Crippen LogP contribution in [0.15, 0.2) is 35.4 Å². The van der Waals surface area contributed by atoms with Crippen LogP contribution in [0.4, 0.5) is 0 Å². The van der Waals surface area contributed by atoms with Crippen LogP contribution in [0.1, 0.15) is 21.5 Å². The second-order valence-electron chi connectivity index (χ2n) is 4.79. The molecule has 3 rings (SSSR count). The summed E-state index contributed by atoms with van der Waals surface area (Å²) in [6.45, 7) is 0.137. The van der Waals surface area contributed by atoms with E-state index in [1.807, 2.05) is 0 Å². The Labute approximate surface area is 125 Å². The largest absolute Gasteiger partial charge is 0.504 e. The number of carbonyl (C=O) groups is 1. The van der Waals surface area contributed by atoms with E-state index < -0.39 is 11.7 Å². The molecule has 112 valence electrons. The van der Waals surface area contributed by atoms with E-state index in [9.17, 15) is 25.2 Å². The highest BCUT2D eigenvalue weighted by atomic mass is 16.3. The molecule has 0 aliphatic carbocycles. The molecule has 0 fully saturated rings. The molecule has 22 heavy (non-hydrogen) atoms. The lowest BCUT2D eigenvalue weighted by Gasteiger charge is -2.08. The molecule has 7 nitrogen and oxygen atoms in total. The summed E-state index contributed by atoms with van der Waals surface area (Å²) in [7, 11) is 0. The summed E-state index contributed by atoms with van der Waals surface area (Å²) in [6.07, 6.45) is 1.23. The van der Waals surface area contributed by atoms with Gasteiger partial charge in [-0.05, 0) is 23.8 Å². The summed E-state index contributed by atoms with van der Waals surface area (Å²) < 4.78 is 0. The molecule has 0 radical (unpaired) electrons. The summed E-state index contributed by atoms with van der Waals surface area (Å²) >= 11 is 0. The predicted molar refractivity (Wildman–Crippen MR) is 77.0 cm³/mol. The molecule has 0 saturated carbocycles. The van der Waals surface area contributed by atoms with Gasteiger partial charge in [-0.1, -0.05) is 12.1 Å². The minimum atomic E-state index is -0.556. The lowest BCUT2D eigenvalue weighted by molar-refractivity contribution is 0.0782. The molecule has 0 spiro atoms. The summed E-state index contributed by atoms with van der Waals surface area (Å²) in [5.74, 6) is -2.03. The molecule has 0 saturated heterocycles. The lowest BCUT2D eigenvalue weighted by atomic mass is 10.1. The van der Waals surface area contributed by atoms with Gasteiger partial charge in [-0.3, -0.25) is 4.79 Å². The maximum atomic E-state index is 12.2. The zero-order valence-corrected chi connectivity index (χ0v) is 11.3. The average Bonchev–Trinajstić information content (AvgIpc) is 2.82. The van der Waals surface area contributed by atoms with Gasteiger partial charge in [0.25, 0.3) is 5.91 Å². The van der Waals surface area contributed by atoms with Crippen LogP contribution in [0.2, 0.25) is 0 Å². The highest BCUT2D eigenvalue weighted by Gasteiger charge is 2.31. The van der Waals surface area contributed by atoms with Gasteiger partial charge < -0.3 is 20.4 Å². The predicted octanol–water partition coefficient (Wildman–Crippen LogP) is 1.50. The van der Waals surface area contributed by atoms with E-state index >= 15 is 0 Å². The third kappa shape index (κ3) is 2.08. The number of amides is 1. The number of phenols is 4. The Balaban J connectivity index is 1.90. The molecule has 2 aromatic carbocycles. The van der Waals surface area contributed by atoms with E-state index in [2.05, 4.69) is 5.10 Å². The van der Waals surface area contributed by atoms with E-state index in [0.717, 1.165) is 5.01 Å². The van der Waals surface area contributed by atoms with Crippen LogP contribution in [-0.2, 0) is 6.54 Å². The molecular weight excluding hydrogens is 288 g/mol. The van der Waals surface area contributed by atoms with Crippen molar-refractivity contribution in [2.75, 3.05) is 0 Å². The van der Waals surface area contributed by atoms with Crippen molar-refractivity contribution in [2.24, 2.45) is 5.10 Å². The minimum Gasteiger partial charge on any atom is -0.504 e. The third-order valence-corrected chi connectivity index (χ3v) is 3.39. The number of hydrogen-bond donors (Lipinski definition) is 4. The first kappa shape index (κ1) is 13.7. The van der Waals surface area contributed by atoms with Gasteiger partial charge in [0.1, 0.15) is 0 Å². The van der Waals surface area contributed by atoms with E-state index in [0.29, 0.717) is 5.56 Å². The highest BCUT2D eigenvalue weighted by molar-refractivity contribution is 6.02. The Morgan fingerprint density at radius 1 is 1.00 bits per heavy atom. The standard InChI is InChI=1S/C15H12N2O5/c18-10-3-1-2-8(13(10)20)6-16-17-7-9-4-5-11(19)14(21)12(9)15(17)22/h1-6,18-21H,7H2/b16-6+. The minimum absolute atomic E-state index is 0.0114. The molecule has 1 amide bonds. The molecule has 0 unspecified atom stereocenters. The number of phenolic OH excluding ortho intramolecular Hbond substituents is 4. The number of aromatic hydroxyl groups is 4. The van der Waals surface area contributed by atoms with Crippen molar-refractivity contribution in [3.63, 3.8) is 0 Å². The van der Waals surface area contributed by atoms with Gasteiger partial charge in [-0.2, -0.15) is 5.10 Å². The van der Waals surface area contributed by atoms with Crippen LogP contribution >= 0.6 is 0 Å². The fourth-order valence-electron chi connectivity index (χ4n) is 2.23. The Hall–Kier alpha value is -3.22. The molecule has 1 aliphatic heterocycles. The molecule has 0 bridgehead atoms. The van der Waals surface area contributed by atoms with Gasteiger partial charge in [-0.15, -0.1) is 0 Å². The molecule has 0 atom stereocenters. The van der Waals surface area contributed by atoms with Crippen LogP contribution in [0.3, 0.4) is 0 Å². The molecule has 0 aromatic heterocycles. The number of benzene rings is 2. The summed E-state index contributed by atoms with van der Waals surface area (Å²) in [5, 5.41) is 43.3. The van der Waals surface area contributed by atoms with Crippen molar-refractivity contribution in [1.29, 1.82) is 0 Å². The Morgan fingerprint density at radius 2 is 1.73 bits per heavy atom. The number of hydrazone groups is 1. The molecule has 1 heterocycles. The number of carbonyl (C=O) groups excluding carboxylic acids is 1. The maximum Gasteiger partial charge on any atom is 0.278 e. The first-order valence-electron chi connectivity index (χ1n) is 6.39. The second kappa shape index (κ2) is 4.96. The fourth-order valence-corrected chi connectivity index (χ4v) is 2.23. The molecule has 2 aromatic rings. The van der Waals surface area contributed by atoms with Crippen molar-refractivity contribution in [2.45, 2.75) is 6.54 Å². The number of hydrogen-bond acceptors (Lipinski definition) is 6. The van der Waals surface area contributed by atoms with Crippen LogP contribution in [0.25, 0.3) is 0 Å². The first-order valence-corrected chi connectivity index (χ1v) is 6.39. The topological polar surface area (TPSA) is 114 Å². The van der Waals surface area contributed by atoms with Crippen molar-refractivity contribution < 1.29 is 25.2 Å². The fraction of sp³-hybridized carbons (Fsp3) is 0.0667. The van der Waals surface area contributed by atoms with Crippen molar-refractivity contribution in [1.82, 2.24) is 5.01 Å². The molecular formula is C15H12N2O5. The maximum absolute atomic E-state index is 12.2. The van der Waals surface area contributed by atoms with E-state index in [-0.39, 0.29) is 34.9 Å². The summed E-state index contributed by atoms with van der Waals surface area (Å²) in [4.78, 5) is 12.2. The van der Waals surface area contributed by atoms with E-state index in [1.165, 1.54) is 36.5 Å². The Bertz CT molecular complexity index is 801. The van der Waals surface area contributed by atoms with Crippen molar-refractivity contribution in [3.8, 4) is 23.0 Å². The van der Waals surface area contributed by atoms with Gasteiger partial charge in [0.15, 0.2) is 23.0 Å². The number of para-hydroxylation sites is 1. The summed E-state index contributed by atoms with van der Waals surface area (Å²) in [5.41, 5.74) is 0.797. The van der Waals surface area contributed by atoms with Gasteiger partial charge in [0, 0.05) is 5.56 Å². The SMILES string of the molecule is O=C1c2c(ccc(O)c2O)CN1/N=C/c1cccc(O)c1O. The average molecular weight is 300 g/mol.